The van der Waals surface area contributed by atoms with E-state index in [4.69, 9.17) is 5.73 Å². The molecule has 2 rings (SSSR count). The SMILES string of the molecule is Cc1ccc(C#CCN)cc1S(=O)(=O)NC1CCC1. The van der Waals surface area contributed by atoms with Crippen LogP contribution in [0, 0.1) is 18.8 Å². The fourth-order valence-corrected chi connectivity index (χ4v) is 3.50. The van der Waals surface area contributed by atoms with Crippen LogP contribution in [0.15, 0.2) is 23.1 Å². The van der Waals surface area contributed by atoms with Crippen LogP contribution in [0.3, 0.4) is 0 Å². The zero-order valence-electron chi connectivity index (χ0n) is 10.9. The van der Waals surface area contributed by atoms with Crippen molar-refractivity contribution in [3.05, 3.63) is 29.3 Å². The highest BCUT2D eigenvalue weighted by atomic mass is 32.2. The largest absolute Gasteiger partial charge is 0.320 e. The summed E-state index contributed by atoms with van der Waals surface area (Å²) in [6.07, 6.45) is 2.93. The van der Waals surface area contributed by atoms with E-state index >= 15 is 0 Å². The number of aryl methyl sites for hydroxylation is 1. The van der Waals surface area contributed by atoms with Crippen molar-refractivity contribution in [1.82, 2.24) is 4.72 Å². The third-order valence-corrected chi connectivity index (χ3v) is 4.90. The van der Waals surface area contributed by atoms with Crippen LogP contribution in [0.25, 0.3) is 0 Å². The molecule has 102 valence electrons. The van der Waals surface area contributed by atoms with Gasteiger partial charge < -0.3 is 5.73 Å². The van der Waals surface area contributed by atoms with Crippen LogP contribution >= 0.6 is 0 Å². The number of nitrogens with two attached hydrogens (primary N) is 1. The number of rotatable bonds is 3. The predicted molar refractivity (Wildman–Crippen MR) is 75.1 cm³/mol. The van der Waals surface area contributed by atoms with Gasteiger partial charge in [-0.3, -0.25) is 0 Å². The molecule has 1 aromatic carbocycles. The Kier molecular flexibility index (Phi) is 4.25. The average molecular weight is 278 g/mol. The Balaban J connectivity index is 2.31. The first kappa shape index (κ1) is 14.1. The minimum Gasteiger partial charge on any atom is -0.320 e. The summed E-state index contributed by atoms with van der Waals surface area (Å²) in [4.78, 5) is 0.309. The van der Waals surface area contributed by atoms with Gasteiger partial charge in [-0.2, -0.15) is 0 Å². The summed E-state index contributed by atoms with van der Waals surface area (Å²) >= 11 is 0. The molecule has 0 atom stereocenters. The van der Waals surface area contributed by atoms with Crippen LogP contribution in [-0.2, 0) is 10.0 Å². The fourth-order valence-electron chi connectivity index (χ4n) is 1.93. The van der Waals surface area contributed by atoms with Gasteiger partial charge in [-0.1, -0.05) is 24.3 Å². The van der Waals surface area contributed by atoms with E-state index in [0.717, 1.165) is 24.8 Å². The van der Waals surface area contributed by atoms with E-state index in [1.165, 1.54) is 0 Å². The van der Waals surface area contributed by atoms with Crippen molar-refractivity contribution in [3.63, 3.8) is 0 Å². The molecule has 1 aromatic rings. The first-order chi connectivity index (χ1) is 9.03. The second kappa shape index (κ2) is 5.74. The number of sulfonamides is 1. The normalized spacial score (nSPS) is 15.5. The Bertz CT molecular complexity index is 623. The van der Waals surface area contributed by atoms with Crippen LogP contribution in [0.5, 0.6) is 0 Å². The van der Waals surface area contributed by atoms with Crippen molar-refractivity contribution in [2.24, 2.45) is 5.73 Å². The van der Waals surface area contributed by atoms with Crippen LogP contribution < -0.4 is 10.5 Å². The molecule has 0 saturated heterocycles. The first-order valence-corrected chi connectivity index (χ1v) is 7.83. The maximum atomic E-state index is 12.3. The summed E-state index contributed by atoms with van der Waals surface area (Å²) in [6.45, 7) is 2.05. The second-order valence-electron chi connectivity index (χ2n) is 4.74. The molecule has 4 nitrogen and oxygen atoms in total. The highest BCUT2D eigenvalue weighted by molar-refractivity contribution is 7.89. The molecule has 1 aliphatic carbocycles. The van der Waals surface area contributed by atoms with Crippen LogP contribution in [0.1, 0.15) is 30.4 Å². The van der Waals surface area contributed by atoms with Gasteiger partial charge in [0.25, 0.3) is 0 Å². The summed E-state index contributed by atoms with van der Waals surface area (Å²) < 4.78 is 27.3. The molecule has 5 heteroatoms. The van der Waals surface area contributed by atoms with Gasteiger partial charge >= 0.3 is 0 Å². The number of hydrogen-bond acceptors (Lipinski definition) is 3. The predicted octanol–water partition coefficient (Wildman–Crippen LogP) is 1.14. The lowest BCUT2D eigenvalue weighted by molar-refractivity contribution is 0.383. The summed E-state index contributed by atoms with van der Waals surface area (Å²) in [7, 11) is -3.45. The lowest BCUT2D eigenvalue weighted by Gasteiger charge is -2.26. The molecule has 1 fully saturated rings. The molecule has 3 N–H and O–H groups in total. The summed E-state index contributed by atoms with van der Waals surface area (Å²) in [6, 6.07) is 5.28. The molecule has 19 heavy (non-hydrogen) atoms. The van der Waals surface area contributed by atoms with Gasteiger partial charge in [0.2, 0.25) is 10.0 Å². The second-order valence-corrected chi connectivity index (χ2v) is 6.42. The summed E-state index contributed by atoms with van der Waals surface area (Å²) in [5, 5.41) is 0. The summed E-state index contributed by atoms with van der Waals surface area (Å²) in [5.41, 5.74) is 6.72. The molecular formula is C14H18N2O2S. The van der Waals surface area contributed by atoms with Gasteiger partial charge in [-0.05, 0) is 37.5 Å². The Morgan fingerprint density at radius 1 is 1.42 bits per heavy atom. The third kappa shape index (κ3) is 3.35. The summed E-state index contributed by atoms with van der Waals surface area (Å²) in [5.74, 6) is 5.59. The highest BCUT2D eigenvalue weighted by Crippen LogP contribution is 2.23. The zero-order chi connectivity index (χ0) is 13.9. The number of benzene rings is 1. The van der Waals surface area contributed by atoms with E-state index in [-0.39, 0.29) is 12.6 Å². The minimum atomic E-state index is -3.45. The standard InChI is InChI=1S/C14H18N2O2S/c1-11-7-8-12(4-3-9-15)10-14(11)19(17,18)16-13-5-2-6-13/h7-8,10,13,16H,2,5-6,9,15H2,1H3. The van der Waals surface area contributed by atoms with Gasteiger partial charge in [0.1, 0.15) is 0 Å². The van der Waals surface area contributed by atoms with E-state index in [0.29, 0.717) is 10.5 Å². The molecule has 0 heterocycles. The van der Waals surface area contributed by atoms with Crippen LogP contribution in [0.4, 0.5) is 0 Å². The van der Waals surface area contributed by atoms with Gasteiger partial charge in [0.05, 0.1) is 11.4 Å². The fraction of sp³-hybridized carbons (Fsp3) is 0.429. The van der Waals surface area contributed by atoms with Crippen molar-refractivity contribution in [3.8, 4) is 11.8 Å². The van der Waals surface area contributed by atoms with Crippen molar-refractivity contribution in [2.75, 3.05) is 6.54 Å². The molecule has 0 aromatic heterocycles. The van der Waals surface area contributed by atoms with Gasteiger partial charge in [0, 0.05) is 11.6 Å². The van der Waals surface area contributed by atoms with Gasteiger partial charge in [-0.25, -0.2) is 13.1 Å². The quantitative estimate of drug-likeness (QED) is 0.814. The van der Waals surface area contributed by atoms with Gasteiger partial charge in [0.15, 0.2) is 0 Å². The van der Waals surface area contributed by atoms with Crippen LogP contribution in [-0.4, -0.2) is 21.0 Å². The van der Waals surface area contributed by atoms with Crippen molar-refractivity contribution in [1.29, 1.82) is 0 Å². The van der Waals surface area contributed by atoms with Crippen molar-refractivity contribution < 1.29 is 8.42 Å². The number of hydrogen-bond donors (Lipinski definition) is 2. The molecular weight excluding hydrogens is 260 g/mol. The molecule has 1 saturated carbocycles. The molecule has 0 amide bonds. The van der Waals surface area contributed by atoms with E-state index in [1.54, 1.807) is 25.1 Å². The molecule has 0 unspecified atom stereocenters. The Morgan fingerprint density at radius 2 is 2.16 bits per heavy atom. The lowest BCUT2D eigenvalue weighted by atomic mass is 9.94. The van der Waals surface area contributed by atoms with E-state index < -0.39 is 10.0 Å². The van der Waals surface area contributed by atoms with Crippen LogP contribution in [0.2, 0.25) is 0 Å². The third-order valence-electron chi connectivity index (χ3n) is 3.24. The molecule has 0 spiro atoms. The van der Waals surface area contributed by atoms with Crippen molar-refractivity contribution >= 4 is 10.0 Å². The van der Waals surface area contributed by atoms with E-state index in [9.17, 15) is 8.42 Å². The Hall–Kier alpha value is -1.35. The van der Waals surface area contributed by atoms with Gasteiger partial charge in [-0.15, -0.1) is 0 Å². The number of nitrogens with one attached hydrogen (secondary N) is 1. The first-order valence-electron chi connectivity index (χ1n) is 6.35. The highest BCUT2D eigenvalue weighted by Gasteiger charge is 2.25. The smallest absolute Gasteiger partial charge is 0.241 e. The van der Waals surface area contributed by atoms with Crippen molar-refractivity contribution in [2.45, 2.75) is 37.1 Å². The minimum absolute atomic E-state index is 0.0863. The maximum Gasteiger partial charge on any atom is 0.241 e. The Labute approximate surface area is 114 Å². The average Bonchev–Trinajstić information content (AvgIpc) is 2.33. The van der Waals surface area contributed by atoms with E-state index in [1.807, 2.05) is 0 Å². The maximum absolute atomic E-state index is 12.3. The molecule has 0 radical (unpaired) electrons. The topological polar surface area (TPSA) is 72.2 Å². The molecule has 0 aliphatic heterocycles. The van der Waals surface area contributed by atoms with E-state index in [2.05, 4.69) is 16.6 Å². The zero-order valence-corrected chi connectivity index (χ0v) is 11.8. The monoisotopic (exact) mass is 278 g/mol. The molecule has 1 aliphatic rings. The Morgan fingerprint density at radius 3 is 2.74 bits per heavy atom. The lowest BCUT2D eigenvalue weighted by Crippen LogP contribution is -2.39. The molecule has 0 bridgehead atoms.